The zero-order valence-electron chi connectivity index (χ0n) is 16.4. The molecule has 28 heavy (non-hydrogen) atoms. The number of hydrogen-bond donors (Lipinski definition) is 2. The summed E-state index contributed by atoms with van der Waals surface area (Å²) in [7, 11) is 4.66. The largest absolute Gasteiger partial charge is 0.507 e. The molecule has 2 aromatic carbocycles. The van der Waals surface area contributed by atoms with Crippen molar-refractivity contribution in [2.45, 2.75) is 38.2 Å². The number of aromatic hydroxyl groups is 1. The van der Waals surface area contributed by atoms with Gasteiger partial charge in [0, 0.05) is 24.0 Å². The molecule has 6 nitrogen and oxygen atoms in total. The van der Waals surface area contributed by atoms with Crippen molar-refractivity contribution in [2.24, 2.45) is 0 Å². The van der Waals surface area contributed by atoms with E-state index < -0.39 is 6.10 Å². The molecule has 0 saturated carbocycles. The summed E-state index contributed by atoms with van der Waals surface area (Å²) in [6.45, 7) is 0. The molecule has 0 spiro atoms. The van der Waals surface area contributed by atoms with Crippen molar-refractivity contribution in [1.29, 1.82) is 0 Å². The number of methoxy groups -OCH3 is 3. The molecule has 0 unspecified atom stereocenters. The maximum absolute atomic E-state index is 12.2. The van der Waals surface area contributed by atoms with Crippen LogP contribution in [0.4, 0.5) is 0 Å². The van der Waals surface area contributed by atoms with Gasteiger partial charge in [-0.2, -0.15) is 0 Å². The molecule has 2 N–H and O–H groups in total. The van der Waals surface area contributed by atoms with Crippen molar-refractivity contribution in [3.63, 3.8) is 0 Å². The van der Waals surface area contributed by atoms with Crippen LogP contribution in [0.2, 0.25) is 0 Å². The SMILES string of the molecule is COc1c2cc(c(OC)c1OC)-c1cc(ccc1O)C[C@@H](O)C(=O)CCCC2. The van der Waals surface area contributed by atoms with Crippen molar-refractivity contribution in [3.8, 4) is 34.1 Å². The Morgan fingerprint density at radius 3 is 2.25 bits per heavy atom. The summed E-state index contributed by atoms with van der Waals surface area (Å²) in [5.41, 5.74) is 2.89. The molecule has 3 rings (SSSR count). The van der Waals surface area contributed by atoms with Crippen molar-refractivity contribution >= 4 is 5.78 Å². The minimum atomic E-state index is -1.05. The number of carbonyl (C=O) groups is 1. The fourth-order valence-corrected chi connectivity index (χ4v) is 3.72. The number of fused-ring (bicyclic) bond motifs is 5. The highest BCUT2D eigenvalue weighted by atomic mass is 16.5. The zero-order valence-corrected chi connectivity index (χ0v) is 16.4. The topological polar surface area (TPSA) is 85.2 Å². The van der Waals surface area contributed by atoms with E-state index >= 15 is 0 Å². The van der Waals surface area contributed by atoms with E-state index in [0.29, 0.717) is 47.6 Å². The maximum atomic E-state index is 12.2. The van der Waals surface area contributed by atoms with Crippen molar-refractivity contribution < 1.29 is 29.2 Å². The molecule has 0 aliphatic heterocycles. The molecule has 0 radical (unpaired) electrons. The molecule has 2 aromatic rings. The monoisotopic (exact) mass is 386 g/mol. The summed E-state index contributed by atoms with van der Waals surface area (Å²) in [5.74, 6) is 1.42. The molecule has 150 valence electrons. The number of rotatable bonds is 3. The minimum absolute atomic E-state index is 0.0795. The summed E-state index contributed by atoms with van der Waals surface area (Å²) in [5, 5.41) is 20.8. The van der Waals surface area contributed by atoms with Gasteiger partial charge in [-0.3, -0.25) is 4.79 Å². The second-order valence-electron chi connectivity index (χ2n) is 6.93. The van der Waals surface area contributed by atoms with Gasteiger partial charge < -0.3 is 24.4 Å². The van der Waals surface area contributed by atoms with Gasteiger partial charge in [-0.05, 0) is 48.6 Å². The van der Waals surface area contributed by atoms with Gasteiger partial charge in [0.05, 0.1) is 21.3 Å². The van der Waals surface area contributed by atoms with Crippen LogP contribution in [0.1, 0.15) is 30.4 Å². The quantitative estimate of drug-likeness (QED) is 0.842. The Morgan fingerprint density at radius 2 is 1.57 bits per heavy atom. The first-order chi connectivity index (χ1) is 13.5. The van der Waals surface area contributed by atoms with E-state index in [1.54, 1.807) is 32.4 Å². The Hall–Kier alpha value is -2.73. The number of ketones is 1. The number of Topliss-reactive ketones (excluding diaryl/α,β-unsaturated/α-hetero) is 1. The first-order valence-electron chi connectivity index (χ1n) is 9.35. The van der Waals surface area contributed by atoms with Crippen LogP contribution in [0.3, 0.4) is 0 Å². The normalized spacial score (nSPS) is 17.1. The lowest BCUT2D eigenvalue weighted by Gasteiger charge is -2.20. The molecular formula is C22H26O6. The van der Waals surface area contributed by atoms with Crippen molar-refractivity contribution in [2.75, 3.05) is 21.3 Å². The fraction of sp³-hybridized carbons (Fsp3) is 0.409. The average molecular weight is 386 g/mol. The van der Waals surface area contributed by atoms with Crippen LogP contribution >= 0.6 is 0 Å². The molecule has 1 atom stereocenters. The molecule has 0 fully saturated rings. The number of hydrogen-bond acceptors (Lipinski definition) is 6. The number of aliphatic hydroxyl groups excluding tert-OH is 1. The lowest BCUT2D eigenvalue weighted by molar-refractivity contribution is -0.127. The summed E-state index contributed by atoms with van der Waals surface area (Å²) in [4.78, 5) is 12.2. The number of benzene rings is 2. The lowest BCUT2D eigenvalue weighted by atomic mass is 9.95. The predicted octanol–water partition coefficient (Wildman–Crippen LogP) is 3.28. The number of phenolic OH excluding ortho intramolecular Hbond substituents is 1. The number of aryl methyl sites for hydroxylation is 1. The van der Waals surface area contributed by atoms with Crippen LogP contribution in [0, 0.1) is 0 Å². The molecule has 0 heterocycles. The van der Waals surface area contributed by atoms with Crippen LogP contribution < -0.4 is 14.2 Å². The number of aliphatic hydroxyl groups is 1. The second-order valence-corrected chi connectivity index (χ2v) is 6.93. The van der Waals surface area contributed by atoms with Gasteiger partial charge in [-0.1, -0.05) is 6.07 Å². The third kappa shape index (κ3) is 3.78. The van der Waals surface area contributed by atoms with Gasteiger partial charge in [0.15, 0.2) is 17.3 Å². The van der Waals surface area contributed by atoms with E-state index in [0.717, 1.165) is 17.5 Å². The Balaban J connectivity index is 2.26. The smallest absolute Gasteiger partial charge is 0.204 e. The Morgan fingerprint density at radius 1 is 0.893 bits per heavy atom. The van der Waals surface area contributed by atoms with Gasteiger partial charge in [0.2, 0.25) is 5.75 Å². The number of carbonyl (C=O) groups excluding carboxylic acids is 1. The molecule has 6 heteroatoms. The minimum Gasteiger partial charge on any atom is -0.507 e. The molecule has 0 saturated heterocycles. The van der Waals surface area contributed by atoms with Crippen molar-refractivity contribution in [1.82, 2.24) is 0 Å². The fourth-order valence-electron chi connectivity index (χ4n) is 3.72. The Bertz CT molecular complexity index is 874. The molecule has 1 aliphatic carbocycles. The summed E-state index contributed by atoms with van der Waals surface area (Å²) >= 11 is 0. The van der Waals surface area contributed by atoms with E-state index in [1.165, 1.54) is 7.11 Å². The summed E-state index contributed by atoms with van der Waals surface area (Å²) < 4.78 is 16.8. The van der Waals surface area contributed by atoms with Crippen LogP contribution in [-0.2, 0) is 17.6 Å². The van der Waals surface area contributed by atoms with Gasteiger partial charge in [-0.15, -0.1) is 0 Å². The first kappa shape index (κ1) is 20.0. The standard InChI is InChI=1S/C22H26O6/c1-26-20-14-6-4-5-7-18(24)19(25)11-13-8-9-17(23)15(10-13)16(12-14)21(27-2)22(20)28-3/h8-10,12,19,23,25H,4-7,11H2,1-3H3/t19-/m1/s1. The summed E-state index contributed by atoms with van der Waals surface area (Å²) in [6, 6.07) is 6.99. The van der Waals surface area contributed by atoms with Gasteiger partial charge in [-0.25, -0.2) is 0 Å². The molecular weight excluding hydrogens is 360 g/mol. The number of phenols is 1. The van der Waals surface area contributed by atoms with E-state index in [9.17, 15) is 15.0 Å². The third-order valence-corrected chi connectivity index (χ3v) is 5.15. The zero-order chi connectivity index (χ0) is 20.3. The summed E-state index contributed by atoms with van der Waals surface area (Å²) in [6.07, 6.45) is 1.58. The molecule has 0 aromatic heterocycles. The van der Waals surface area contributed by atoms with E-state index in [2.05, 4.69) is 0 Å². The predicted molar refractivity (Wildman–Crippen MR) is 105 cm³/mol. The van der Waals surface area contributed by atoms with Crippen LogP contribution in [0.25, 0.3) is 11.1 Å². The molecule has 1 aliphatic rings. The maximum Gasteiger partial charge on any atom is 0.204 e. The Kier molecular flexibility index (Phi) is 6.09. The van der Waals surface area contributed by atoms with Crippen LogP contribution in [0.5, 0.6) is 23.0 Å². The van der Waals surface area contributed by atoms with E-state index in [-0.39, 0.29) is 18.0 Å². The van der Waals surface area contributed by atoms with Crippen LogP contribution in [-0.4, -0.2) is 43.4 Å². The second kappa shape index (κ2) is 8.52. The van der Waals surface area contributed by atoms with E-state index in [1.807, 2.05) is 6.07 Å². The van der Waals surface area contributed by atoms with Gasteiger partial charge in [0.1, 0.15) is 11.9 Å². The highest BCUT2D eigenvalue weighted by Gasteiger charge is 2.24. The third-order valence-electron chi connectivity index (χ3n) is 5.15. The van der Waals surface area contributed by atoms with Gasteiger partial charge in [0.25, 0.3) is 0 Å². The lowest BCUT2D eigenvalue weighted by Crippen LogP contribution is -2.22. The molecule has 4 bridgehead atoms. The van der Waals surface area contributed by atoms with E-state index in [4.69, 9.17) is 14.2 Å². The average Bonchev–Trinajstić information content (AvgIpc) is 2.70. The first-order valence-corrected chi connectivity index (χ1v) is 9.35. The van der Waals surface area contributed by atoms with Gasteiger partial charge >= 0.3 is 0 Å². The number of ether oxygens (including phenoxy) is 3. The highest BCUT2D eigenvalue weighted by Crippen LogP contribution is 2.49. The van der Waals surface area contributed by atoms with Crippen LogP contribution in [0.15, 0.2) is 24.3 Å². The highest BCUT2D eigenvalue weighted by molar-refractivity contribution is 5.84. The van der Waals surface area contributed by atoms with Crippen molar-refractivity contribution in [3.05, 3.63) is 35.4 Å². The Labute approximate surface area is 164 Å². The molecule has 0 amide bonds.